The van der Waals surface area contributed by atoms with Crippen molar-refractivity contribution in [2.45, 2.75) is 37.7 Å². The molecule has 0 atom stereocenters. The van der Waals surface area contributed by atoms with Gasteiger partial charge in [0, 0.05) is 6.42 Å². The fourth-order valence-electron chi connectivity index (χ4n) is 0.772. The van der Waals surface area contributed by atoms with Crippen LogP contribution in [0.3, 0.4) is 0 Å². The molecule has 9 heavy (non-hydrogen) atoms. The molecular weight excluding hydrogens is 126 g/mol. The number of halogens is 2. The van der Waals surface area contributed by atoms with Gasteiger partial charge in [0.05, 0.1) is 5.60 Å². The van der Waals surface area contributed by atoms with Gasteiger partial charge in [-0.1, -0.05) is 0 Å². The molecule has 1 aliphatic carbocycles. The van der Waals surface area contributed by atoms with Gasteiger partial charge in [-0.25, -0.2) is 8.78 Å². The van der Waals surface area contributed by atoms with Crippen molar-refractivity contribution in [2.75, 3.05) is 0 Å². The minimum atomic E-state index is -2.25. The lowest BCUT2D eigenvalue weighted by atomic mass is 10.2. The molecule has 1 fully saturated rings. The third kappa shape index (κ3) is 2.26. The van der Waals surface area contributed by atoms with E-state index in [1.54, 1.807) is 0 Å². The molecule has 1 aliphatic rings. The van der Waals surface area contributed by atoms with Gasteiger partial charge in [-0.3, -0.25) is 0 Å². The Bertz CT molecular complexity index is 99.2. The molecule has 0 heterocycles. The zero-order chi connectivity index (χ0) is 6.91. The number of hydrogen-bond acceptors (Lipinski definition) is 1. The van der Waals surface area contributed by atoms with Gasteiger partial charge in [0.2, 0.25) is 6.43 Å². The highest BCUT2D eigenvalue weighted by Gasteiger charge is 2.40. The molecule has 0 bridgehead atoms. The van der Waals surface area contributed by atoms with Crippen molar-refractivity contribution in [1.29, 1.82) is 0 Å². The summed E-state index contributed by atoms with van der Waals surface area (Å²) in [5.41, 5.74) is -0.698. The number of hydrogen-bond donors (Lipinski definition) is 1. The van der Waals surface area contributed by atoms with E-state index < -0.39 is 12.0 Å². The highest BCUT2D eigenvalue weighted by Crippen LogP contribution is 2.39. The van der Waals surface area contributed by atoms with Crippen LogP contribution in [0.15, 0.2) is 0 Å². The average Bonchev–Trinajstić information content (AvgIpc) is 2.45. The van der Waals surface area contributed by atoms with Crippen LogP contribution in [-0.4, -0.2) is 17.1 Å². The van der Waals surface area contributed by atoms with Crippen LogP contribution in [0.5, 0.6) is 0 Å². The summed E-state index contributed by atoms with van der Waals surface area (Å²) < 4.78 is 23.0. The van der Waals surface area contributed by atoms with Crippen molar-refractivity contribution in [2.24, 2.45) is 0 Å². The first kappa shape index (κ1) is 6.93. The largest absolute Gasteiger partial charge is 0.390 e. The molecule has 1 rings (SSSR count). The van der Waals surface area contributed by atoms with Gasteiger partial charge in [-0.15, -0.1) is 0 Å². The van der Waals surface area contributed by atoms with E-state index in [-0.39, 0.29) is 12.8 Å². The van der Waals surface area contributed by atoms with E-state index in [1.165, 1.54) is 0 Å². The summed E-state index contributed by atoms with van der Waals surface area (Å²) in [6, 6.07) is 0. The molecule has 0 aromatic heterocycles. The Labute approximate surface area is 52.7 Å². The maximum Gasteiger partial charge on any atom is 0.238 e. The maximum absolute atomic E-state index is 11.5. The lowest BCUT2D eigenvalue weighted by molar-refractivity contribution is 0.0838. The van der Waals surface area contributed by atoms with Gasteiger partial charge in [0.1, 0.15) is 0 Å². The third-order valence-corrected chi connectivity index (χ3v) is 1.66. The Morgan fingerprint density at radius 2 is 2.00 bits per heavy atom. The summed E-state index contributed by atoms with van der Waals surface area (Å²) in [5, 5.41) is 9.04. The average molecular weight is 136 g/mol. The lowest BCUT2D eigenvalue weighted by Gasteiger charge is -2.04. The summed E-state index contributed by atoms with van der Waals surface area (Å²) >= 11 is 0. The molecule has 0 radical (unpaired) electrons. The highest BCUT2D eigenvalue weighted by molar-refractivity contribution is 4.92. The molecule has 1 N–H and O–H groups in total. The number of alkyl halides is 2. The summed E-state index contributed by atoms with van der Waals surface area (Å²) in [4.78, 5) is 0. The Morgan fingerprint density at radius 3 is 2.33 bits per heavy atom. The second-order valence-corrected chi connectivity index (χ2v) is 2.65. The Kier molecular flexibility index (Phi) is 1.70. The van der Waals surface area contributed by atoms with E-state index in [1.807, 2.05) is 0 Å². The van der Waals surface area contributed by atoms with Gasteiger partial charge in [-0.2, -0.15) is 0 Å². The second kappa shape index (κ2) is 2.21. The molecule has 3 heteroatoms. The van der Waals surface area contributed by atoms with Crippen LogP contribution in [0.1, 0.15) is 25.7 Å². The molecule has 0 aromatic carbocycles. The van der Waals surface area contributed by atoms with Crippen molar-refractivity contribution in [1.82, 2.24) is 0 Å². The molecule has 0 aromatic rings. The quantitative estimate of drug-likeness (QED) is 0.624. The zero-order valence-corrected chi connectivity index (χ0v) is 5.11. The second-order valence-electron chi connectivity index (χ2n) is 2.65. The van der Waals surface area contributed by atoms with Crippen LogP contribution in [0, 0.1) is 0 Å². The van der Waals surface area contributed by atoms with E-state index in [0.29, 0.717) is 12.8 Å². The van der Waals surface area contributed by atoms with Gasteiger partial charge >= 0.3 is 0 Å². The Hall–Kier alpha value is -0.180. The van der Waals surface area contributed by atoms with Crippen LogP contribution in [0.4, 0.5) is 8.78 Å². The molecule has 0 unspecified atom stereocenters. The molecule has 0 saturated heterocycles. The van der Waals surface area contributed by atoms with Crippen LogP contribution >= 0.6 is 0 Å². The standard InChI is InChI=1S/C6H10F2O/c7-5(8)1-2-6(9)3-4-6/h5,9H,1-4H2. The summed E-state index contributed by atoms with van der Waals surface area (Å²) in [6.07, 6.45) is -0.727. The van der Waals surface area contributed by atoms with Crippen LogP contribution < -0.4 is 0 Å². The number of rotatable bonds is 3. The molecular formula is C6H10F2O. The first-order chi connectivity index (χ1) is 4.12. The Morgan fingerprint density at radius 1 is 1.44 bits per heavy atom. The molecule has 1 nitrogen and oxygen atoms in total. The van der Waals surface area contributed by atoms with E-state index >= 15 is 0 Å². The predicted molar refractivity (Wildman–Crippen MR) is 29.4 cm³/mol. The van der Waals surface area contributed by atoms with Gasteiger partial charge in [0.15, 0.2) is 0 Å². The molecule has 1 saturated carbocycles. The first-order valence-electron chi connectivity index (χ1n) is 3.13. The summed E-state index contributed by atoms with van der Waals surface area (Å²) in [7, 11) is 0. The van der Waals surface area contributed by atoms with E-state index in [9.17, 15) is 8.78 Å². The third-order valence-electron chi connectivity index (χ3n) is 1.66. The molecule has 0 amide bonds. The van der Waals surface area contributed by atoms with Gasteiger partial charge in [0.25, 0.3) is 0 Å². The van der Waals surface area contributed by atoms with Gasteiger partial charge in [-0.05, 0) is 19.3 Å². The fraction of sp³-hybridized carbons (Fsp3) is 1.00. The predicted octanol–water partition coefficient (Wildman–Crippen LogP) is 1.56. The summed E-state index contributed by atoms with van der Waals surface area (Å²) in [5.74, 6) is 0. The van der Waals surface area contributed by atoms with Crippen molar-refractivity contribution in [3.8, 4) is 0 Å². The normalized spacial score (nSPS) is 22.7. The SMILES string of the molecule is OC1(CCC(F)F)CC1. The van der Waals surface area contributed by atoms with Crippen molar-refractivity contribution >= 4 is 0 Å². The van der Waals surface area contributed by atoms with Crippen molar-refractivity contribution in [3.63, 3.8) is 0 Å². The van der Waals surface area contributed by atoms with Crippen LogP contribution in [0.2, 0.25) is 0 Å². The fourth-order valence-corrected chi connectivity index (χ4v) is 0.772. The minimum Gasteiger partial charge on any atom is -0.390 e. The van der Waals surface area contributed by atoms with E-state index in [2.05, 4.69) is 0 Å². The van der Waals surface area contributed by atoms with Crippen molar-refractivity contribution in [3.05, 3.63) is 0 Å². The van der Waals surface area contributed by atoms with E-state index in [4.69, 9.17) is 5.11 Å². The zero-order valence-electron chi connectivity index (χ0n) is 5.11. The van der Waals surface area contributed by atoms with Crippen molar-refractivity contribution < 1.29 is 13.9 Å². The monoisotopic (exact) mass is 136 g/mol. The maximum atomic E-state index is 11.5. The van der Waals surface area contributed by atoms with E-state index in [0.717, 1.165) is 0 Å². The number of aliphatic hydroxyl groups is 1. The molecule has 54 valence electrons. The molecule has 0 spiro atoms. The highest BCUT2D eigenvalue weighted by atomic mass is 19.3. The smallest absolute Gasteiger partial charge is 0.238 e. The molecule has 0 aliphatic heterocycles. The van der Waals surface area contributed by atoms with Gasteiger partial charge < -0.3 is 5.11 Å². The minimum absolute atomic E-state index is 0.156. The Balaban J connectivity index is 2.05. The topological polar surface area (TPSA) is 20.2 Å². The lowest BCUT2D eigenvalue weighted by Crippen LogP contribution is -2.08. The summed E-state index contributed by atoms with van der Waals surface area (Å²) in [6.45, 7) is 0. The van der Waals surface area contributed by atoms with Crippen LogP contribution in [-0.2, 0) is 0 Å². The van der Waals surface area contributed by atoms with Crippen LogP contribution in [0.25, 0.3) is 0 Å². The first-order valence-corrected chi connectivity index (χ1v) is 3.13.